The topological polar surface area (TPSA) is 30.5 Å². The summed E-state index contributed by atoms with van der Waals surface area (Å²) in [5.41, 5.74) is 0.322. The molecule has 120 valence electrons. The summed E-state index contributed by atoms with van der Waals surface area (Å²) >= 11 is 0. The van der Waals surface area contributed by atoms with Gasteiger partial charge in [-0.1, -0.05) is 20.8 Å². The van der Waals surface area contributed by atoms with Crippen LogP contribution in [0, 0.1) is 5.41 Å². The van der Waals surface area contributed by atoms with Gasteiger partial charge in [-0.3, -0.25) is 0 Å². The Morgan fingerprint density at radius 3 is 2.60 bits per heavy atom. The first-order valence-electron chi connectivity index (χ1n) is 8.20. The molecule has 20 heavy (non-hydrogen) atoms. The van der Waals surface area contributed by atoms with Gasteiger partial charge in [-0.2, -0.15) is 0 Å². The molecule has 2 unspecified atom stereocenters. The number of hydrogen-bond acceptors (Lipinski definition) is 3. The Morgan fingerprint density at radius 2 is 2.00 bits per heavy atom. The van der Waals surface area contributed by atoms with Gasteiger partial charge in [-0.25, -0.2) is 0 Å². The van der Waals surface area contributed by atoms with Crippen LogP contribution in [0.1, 0.15) is 66.7 Å². The SMILES string of the molecule is CCCNC1CCC(C)(C)CC1OCCC(C)(C)OC. The highest BCUT2D eigenvalue weighted by Crippen LogP contribution is 2.37. The van der Waals surface area contributed by atoms with Crippen LogP contribution in [0.4, 0.5) is 0 Å². The Hall–Kier alpha value is -0.120. The molecule has 0 aromatic heterocycles. The first-order chi connectivity index (χ1) is 9.29. The molecule has 1 rings (SSSR count). The van der Waals surface area contributed by atoms with E-state index in [0.29, 0.717) is 17.6 Å². The van der Waals surface area contributed by atoms with Crippen LogP contribution in [0.3, 0.4) is 0 Å². The minimum Gasteiger partial charge on any atom is -0.379 e. The summed E-state index contributed by atoms with van der Waals surface area (Å²) in [6.07, 6.45) is 6.15. The third-order valence-electron chi connectivity index (χ3n) is 4.58. The summed E-state index contributed by atoms with van der Waals surface area (Å²) in [5.74, 6) is 0. The zero-order valence-corrected chi connectivity index (χ0v) is 14.4. The largest absolute Gasteiger partial charge is 0.379 e. The van der Waals surface area contributed by atoms with Gasteiger partial charge >= 0.3 is 0 Å². The summed E-state index contributed by atoms with van der Waals surface area (Å²) in [7, 11) is 1.77. The molecule has 0 aromatic rings. The van der Waals surface area contributed by atoms with Crippen molar-refractivity contribution in [2.24, 2.45) is 5.41 Å². The van der Waals surface area contributed by atoms with E-state index in [2.05, 4.69) is 39.9 Å². The first kappa shape index (κ1) is 17.9. The average Bonchev–Trinajstić information content (AvgIpc) is 2.37. The van der Waals surface area contributed by atoms with Crippen molar-refractivity contribution < 1.29 is 9.47 Å². The lowest BCUT2D eigenvalue weighted by Crippen LogP contribution is -2.48. The standard InChI is InChI=1S/C17H35NO2/c1-7-11-18-14-8-9-16(2,3)13-15(14)20-12-10-17(4,5)19-6/h14-15,18H,7-13H2,1-6H3. The van der Waals surface area contributed by atoms with Gasteiger partial charge in [0.1, 0.15) is 0 Å². The molecule has 0 heterocycles. The minimum atomic E-state index is -0.0868. The van der Waals surface area contributed by atoms with E-state index >= 15 is 0 Å². The normalized spacial score (nSPS) is 26.7. The van der Waals surface area contributed by atoms with E-state index in [4.69, 9.17) is 9.47 Å². The summed E-state index contributed by atoms with van der Waals surface area (Å²) in [4.78, 5) is 0. The molecule has 3 heteroatoms. The van der Waals surface area contributed by atoms with E-state index in [-0.39, 0.29) is 5.60 Å². The summed E-state index contributed by atoms with van der Waals surface area (Å²) < 4.78 is 11.7. The van der Waals surface area contributed by atoms with Crippen molar-refractivity contribution >= 4 is 0 Å². The highest BCUT2D eigenvalue weighted by molar-refractivity contribution is 4.90. The Bertz CT molecular complexity index is 276. The summed E-state index contributed by atoms with van der Waals surface area (Å²) in [6.45, 7) is 13.1. The molecule has 3 nitrogen and oxygen atoms in total. The average molecular weight is 285 g/mol. The Kier molecular flexibility index (Phi) is 6.96. The summed E-state index contributed by atoms with van der Waals surface area (Å²) in [6, 6.07) is 0.522. The van der Waals surface area contributed by atoms with Crippen LogP contribution < -0.4 is 5.32 Å². The second-order valence-corrected chi connectivity index (χ2v) is 7.59. The van der Waals surface area contributed by atoms with E-state index in [9.17, 15) is 0 Å². The molecule has 1 aliphatic carbocycles. The molecule has 1 N–H and O–H groups in total. The van der Waals surface area contributed by atoms with Crippen molar-refractivity contribution in [3.63, 3.8) is 0 Å². The maximum atomic E-state index is 6.22. The molecule has 1 aliphatic rings. The third-order valence-corrected chi connectivity index (χ3v) is 4.58. The fraction of sp³-hybridized carbons (Fsp3) is 1.00. The molecule has 0 amide bonds. The number of ether oxygens (including phenoxy) is 2. The van der Waals surface area contributed by atoms with Crippen molar-refractivity contribution in [3.8, 4) is 0 Å². The molecule has 1 saturated carbocycles. The van der Waals surface area contributed by atoms with Crippen LogP contribution in [0.2, 0.25) is 0 Å². The van der Waals surface area contributed by atoms with Gasteiger partial charge in [-0.15, -0.1) is 0 Å². The van der Waals surface area contributed by atoms with Gasteiger partial charge < -0.3 is 14.8 Å². The van der Waals surface area contributed by atoms with Gasteiger partial charge in [-0.05, 0) is 57.9 Å². The molecular formula is C17H35NO2. The van der Waals surface area contributed by atoms with Gasteiger partial charge in [0, 0.05) is 19.8 Å². The van der Waals surface area contributed by atoms with Crippen LogP contribution in [0.25, 0.3) is 0 Å². The second kappa shape index (κ2) is 7.77. The molecule has 2 atom stereocenters. The van der Waals surface area contributed by atoms with E-state index in [1.54, 1.807) is 7.11 Å². The Morgan fingerprint density at radius 1 is 1.30 bits per heavy atom. The van der Waals surface area contributed by atoms with Crippen LogP contribution in [0.15, 0.2) is 0 Å². The van der Waals surface area contributed by atoms with Crippen LogP contribution >= 0.6 is 0 Å². The second-order valence-electron chi connectivity index (χ2n) is 7.59. The van der Waals surface area contributed by atoms with Crippen molar-refractivity contribution in [2.45, 2.75) is 84.5 Å². The fourth-order valence-corrected chi connectivity index (χ4v) is 2.82. The lowest BCUT2D eigenvalue weighted by Gasteiger charge is -2.41. The van der Waals surface area contributed by atoms with Crippen LogP contribution in [0.5, 0.6) is 0 Å². The predicted octanol–water partition coefficient (Wildman–Crippen LogP) is 3.77. The van der Waals surface area contributed by atoms with Gasteiger partial charge in [0.25, 0.3) is 0 Å². The van der Waals surface area contributed by atoms with Crippen LogP contribution in [-0.2, 0) is 9.47 Å². The zero-order valence-electron chi connectivity index (χ0n) is 14.4. The van der Waals surface area contributed by atoms with E-state index in [1.807, 2.05) is 0 Å². The maximum absolute atomic E-state index is 6.22. The monoisotopic (exact) mass is 285 g/mol. The highest BCUT2D eigenvalue weighted by atomic mass is 16.5. The van der Waals surface area contributed by atoms with Gasteiger partial charge in [0.05, 0.1) is 11.7 Å². The smallest absolute Gasteiger partial charge is 0.0733 e. The third kappa shape index (κ3) is 6.11. The number of methoxy groups -OCH3 is 1. The van der Waals surface area contributed by atoms with Crippen molar-refractivity contribution in [1.82, 2.24) is 5.32 Å². The molecule has 1 fully saturated rings. The first-order valence-corrected chi connectivity index (χ1v) is 8.20. The molecule has 0 bridgehead atoms. The Balaban J connectivity index is 2.47. The van der Waals surface area contributed by atoms with E-state index < -0.39 is 0 Å². The van der Waals surface area contributed by atoms with Crippen molar-refractivity contribution in [2.75, 3.05) is 20.3 Å². The molecule has 0 aliphatic heterocycles. The van der Waals surface area contributed by atoms with E-state index in [1.165, 1.54) is 19.3 Å². The van der Waals surface area contributed by atoms with Gasteiger partial charge in [0.15, 0.2) is 0 Å². The lowest BCUT2D eigenvalue weighted by atomic mass is 9.74. The van der Waals surface area contributed by atoms with Crippen molar-refractivity contribution in [3.05, 3.63) is 0 Å². The van der Waals surface area contributed by atoms with Crippen molar-refractivity contribution in [1.29, 1.82) is 0 Å². The minimum absolute atomic E-state index is 0.0868. The predicted molar refractivity (Wildman–Crippen MR) is 85.2 cm³/mol. The quantitative estimate of drug-likeness (QED) is 0.736. The molecular weight excluding hydrogens is 250 g/mol. The fourth-order valence-electron chi connectivity index (χ4n) is 2.82. The summed E-state index contributed by atoms with van der Waals surface area (Å²) in [5, 5.41) is 3.66. The molecule has 0 aromatic carbocycles. The van der Waals surface area contributed by atoms with Crippen LogP contribution in [-0.4, -0.2) is 38.0 Å². The molecule has 0 saturated heterocycles. The Labute approximate surface area is 125 Å². The maximum Gasteiger partial charge on any atom is 0.0733 e. The molecule has 0 spiro atoms. The lowest BCUT2D eigenvalue weighted by molar-refractivity contribution is -0.0589. The molecule has 0 radical (unpaired) electrons. The number of hydrogen-bond donors (Lipinski definition) is 1. The van der Waals surface area contributed by atoms with Gasteiger partial charge in [0.2, 0.25) is 0 Å². The number of rotatable bonds is 8. The van der Waals surface area contributed by atoms with E-state index in [0.717, 1.165) is 26.0 Å². The number of nitrogens with one attached hydrogen (secondary N) is 1. The highest BCUT2D eigenvalue weighted by Gasteiger charge is 2.35. The zero-order chi connectivity index (χ0) is 15.2.